The van der Waals surface area contributed by atoms with Crippen LogP contribution in [0.25, 0.3) is 10.9 Å². The SMILES string of the molecule is C[C@]1(O)CCN(C2CCN(c3ncc4ccc(F)cc4n3)CC2)C[C@@H]1O. The molecule has 2 aliphatic rings. The van der Waals surface area contributed by atoms with Gasteiger partial charge in [-0.3, -0.25) is 4.90 Å². The number of aromatic nitrogens is 2. The Morgan fingerprint density at radius 2 is 2.00 bits per heavy atom. The molecule has 2 atom stereocenters. The van der Waals surface area contributed by atoms with Crippen LogP contribution in [0.5, 0.6) is 0 Å². The summed E-state index contributed by atoms with van der Waals surface area (Å²) in [6.07, 6.45) is 3.55. The van der Waals surface area contributed by atoms with E-state index in [2.05, 4.69) is 19.8 Å². The maximum Gasteiger partial charge on any atom is 0.225 e. The van der Waals surface area contributed by atoms with Crippen LogP contribution in [0.1, 0.15) is 26.2 Å². The second-order valence-electron chi connectivity index (χ2n) is 7.71. The van der Waals surface area contributed by atoms with Crippen LogP contribution in [0.3, 0.4) is 0 Å². The van der Waals surface area contributed by atoms with Gasteiger partial charge in [-0.2, -0.15) is 0 Å². The Bertz CT molecular complexity index is 792. The number of hydrogen-bond acceptors (Lipinski definition) is 6. The third-order valence-corrected chi connectivity index (χ3v) is 5.83. The van der Waals surface area contributed by atoms with E-state index in [1.54, 1.807) is 19.2 Å². The van der Waals surface area contributed by atoms with Crippen molar-refractivity contribution in [2.45, 2.75) is 43.9 Å². The third-order valence-electron chi connectivity index (χ3n) is 5.83. The van der Waals surface area contributed by atoms with Crippen molar-refractivity contribution >= 4 is 16.9 Å². The fourth-order valence-corrected chi connectivity index (χ4v) is 3.95. The molecule has 0 spiro atoms. The highest BCUT2D eigenvalue weighted by atomic mass is 19.1. The molecule has 2 N–H and O–H groups in total. The van der Waals surface area contributed by atoms with Crippen molar-refractivity contribution in [1.29, 1.82) is 0 Å². The molecule has 0 amide bonds. The second-order valence-corrected chi connectivity index (χ2v) is 7.71. The van der Waals surface area contributed by atoms with E-state index >= 15 is 0 Å². The van der Waals surface area contributed by atoms with Crippen molar-refractivity contribution in [2.24, 2.45) is 0 Å². The highest BCUT2D eigenvalue weighted by molar-refractivity contribution is 5.78. The molecule has 140 valence electrons. The number of rotatable bonds is 2. The Kier molecular flexibility index (Phi) is 4.54. The minimum absolute atomic E-state index is 0.291. The molecule has 3 heterocycles. The van der Waals surface area contributed by atoms with Gasteiger partial charge in [0.15, 0.2) is 0 Å². The lowest BCUT2D eigenvalue weighted by atomic mass is 9.89. The molecule has 26 heavy (non-hydrogen) atoms. The summed E-state index contributed by atoms with van der Waals surface area (Å²) in [6, 6.07) is 4.95. The van der Waals surface area contributed by atoms with E-state index in [0.717, 1.165) is 37.9 Å². The highest BCUT2D eigenvalue weighted by Gasteiger charge is 2.39. The van der Waals surface area contributed by atoms with Crippen molar-refractivity contribution < 1.29 is 14.6 Å². The zero-order chi connectivity index (χ0) is 18.3. The third kappa shape index (κ3) is 3.39. The Morgan fingerprint density at radius 3 is 2.73 bits per heavy atom. The van der Waals surface area contributed by atoms with Crippen LogP contribution in [-0.4, -0.2) is 69.0 Å². The minimum Gasteiger partial charge on any atom is -0.389 e. The number of hydrogen-bond donors (Lipinski definition) is 2. The summed E-state index contributed by atoms with van der Waals surface area (Å²) in [4.78, 5) is 13.4. The number of nitrogens with zero attached hydrogens (tertiary/aromatic N) is 4. The summed E-state index contributed by atoms with van der Waals surface area (Å²) in [6.45, 7) is 4.68. The number of aliphatic hydroxyl groups is 2. The predicted molar refractivity (Wildman–Crippen MR) is 97.6 cm³/mol. The highest BCUT2D eigenvalue weighted by Crippen LogP contribution is 2.27. The van der Waals surface area contributed by atoms with Crippen LogP contribution < -0.4 is 4.90 Å². The molecule has 2 fully saturated rings. The molecule has 0 radical (unpaired) electrons. The van der Waals surface area contributed by atoms with Crippen LogP contribution in [0, 0.1) is 5.82 Å². The van der Waals surface area contributed by atoms with Gasteiger partial charge in [-0.15, -0.1) is 0 Å². The molecular weight excluding hydrogens is 335 g/mol. The van der Waals surface area contributed by atoms with E-state index in [1.165, 1.54) is 12.1 Å². The lowest BCUT2D eigenvalue weighted by molar-refractivity contribution is -0.115. The van der Waals surface area contributed by atoms with Crippen molar-refractivity contribution in [1.82, 2.24) is 14.9 Å². The van der Waals surface area contributed by atoms with Gasteiger partial charge in [0.05, 0.1) is 17.2 Å². The topological polar surface area (TPSA) is 72.7 Å². The average molecular weight is 360 g/mol. The Balaban J connectivity index is 1.41. The number of aliphatic hydroxyl groups excluding tert-OH is 1. The molecule has 0 saturated carbocycles. The number of piperidine rings is 2. The van der Waals surface area contributed by atoms with Gasteiger partial charge in [0.1, 0.15) is 5.82 Å². The maximum atomic E-state index is 13.4. The summed E-state index contributed by atoms with van der Waals surface area (Å²) < 4.78 is 13.4. The molecule has 1 aromatic carbocycles. The van der Waals surface area contributed by atoms with Crippen molar-refractivity contribution in [3.05, 3.63) is 30.2 Å². The quantitative estimate of drug-likeness (QED) is 0.847. The molecule has 7 heteroatoms. The Morgan fingerprint density at radius 1 is 1.23 bits per heavy atom. The first-order chi connectivity index (χ1) is 12.4. The van der Waals surface area contributed by atoms with E-state index in [9.17, 15) is 14.6 Å². The van der Waals surface area contributed by atoms with E-state index < -0.39 is 11.7 Å². The van der Waals surface area contributed by atoms with Crippen molar-refractivity contribution in [2.75, 3.05) is 31.1 Å². The van der Waals surface area contributed by atoms with Crippen molar-refractivity contribution in [3.8, 4) is 0 Å². The smallest absolute Gasteiger partial charge is 0.225 e. The molecule has 6 nitrogen and oxygen atoms in total. The average Bonchev–Trinajstić information content (AvgIpc) is 2.63. The van der Waals surface area contributed by atoms with Gasteiger partial charge in [0, 0.05) is 49.9 Å². The number of β-amino-alcohol motifs (C(OH)–C–C–N with tert-alkyl or cyclic N) is 1. The Labute approximate surface area is 152 Å². The van der Waals surface area contributed by atoms with Crippen LogP contribution >= 0.6 is 0 Å². The largest absolute Gasteiger partial charge is 0.389 e. The molecule has 4 rings (SSSR count). The van der Waals surface area contributed by atoms with Gasteiger partial charge in [0.2, 0.25) is 5.95 Å². The number of benzene rings is 1. The zero-order valence-electron chi connectivity index (χ0n) is 15.0. The first kappa shape index (κ1) is 17.6. The summed E-state index contributed by atoms with van der Waals surface area (Å²) in [5.74, 6) is 0.351. The standard InChI is InChI=1S/C19H25FN4O2/c1-19(26)6-9-24(12-17(19)25)15-4-7-23(8-5-15)18-21-11-13-2-3-14(20)10-16(13)22-18/h2-3,10-11,15,17,25-26H,4-9,12H2,1H3/t17-,19-/m0/s1. The van der Waals surface area contributed by atoms with Crippen LogP contribution in [-0.2, 0) is 0 Å². The monoisotopic (exact) mass is 360 g/mol. The van der Waals surface area contributed by atoms with Gasteiger partial charge in [-0.1, -0.05) is 0 Å². The molecule has 0 unspecified atom stereocenters. The summed E-state index contributed by atoms with van der Waals surface area (Å²) in [5, 5.41) is 21.1. The summed E-state index contributed by atoms with van der Waals surface area (Å²) >= 11 is 0. The molecule has 0 aliphatic carbocycles. The number of fused-ring (bicyclic) bond motifs is 1. The summed E-state index contributed by atoms with van der Waals surface area (Å²) in [7, 11) is 0. The second kappa shape index (κ2) is 6.72. The van der Waals surface area contributed by atoms with Crippen molar-refractivity contribution in [3.63, 3.8) is 0 Å². The molecule has 2 aliphatic heterocycles. The first-order valence-electron chi connectivity index (χ1n) is 9.24. The van der Waals surface area contributed by atoms with E-state index in [1.807, 2.05) is 0 Å². The lowest BCUT2D eigenvalue weighted by Gasteiger charge is -2.45. The normalized spacial score (nSPS) is 28.6. The van der Waals surface area contributed by atoms with Crippen LogP contribution in [0.15, 0.2) is 24.4 Å². The molecule has 0 bridgehead atoms. The fourth-order valence-electron chi connectivity index (χ4n) is 3.95. The predicted octanol–water partition coefficient (Wildman–Crippen LogP) is 1.56. The van der Waals surface area contributed by atoms with Gasteiger partial charge in [0.25, 0.3) is 0 Å². The van der Waals surface area contributed by atoms with Gasteiger partial charge >= 0.3 is 0 Å². The molecule has 1 aromatic heterocycles. The van der Waals surface area contributed by atoms with E-state index in [-0.39, 0.29) is 5.82 Å². The fraction of sp³-hybridized carbons (Fsp3) is 0.579. The molecular formula is C19H25FN4O2. The minimum atomic E-state index is -0.981. The Hall–Kier alpha value is -1.83. The zero-order valence-corrected chi connectivity index (χ0v) is 15.0. The van der Waals surface area contributed by atoms with Crippen LogP contribution in [0.2, 0.25) is 0 Å². The summed E-state index contributed by atoms with van der Waals surface area (Å²) in [5.41, 5.74) is -0.357. The first-order valence-corrected chi connectivity index (χ1v) is 9.24. The number of anilines is 1. The lowest BCUT2D eigenvalue weighted by Crippen LogP contribution is -2.57. The molecule has 2 saturated heterocycles. The maximum absolute atomic E-state index is 13.4. The number of likely N-dealkylation sites (tertiary alicyclic amines) is 1. The van der Waals surface area contributed by atoms with Gasteiger partial charge in [-0.05, 0) is 38.3 Å². The van der Waals surface area contributed by atoms with Gasteiger partial charge < -0.3 is 15.1 Å². The van der Waals surface area contributed by atoms with E-state index in [4.69, 9.17) is 0 Å². The molecule has 2 aromatic rings. The number of halogens is 1. The van der Waals surface area contributed by atoms with Gasteiger partial charge in [-0.25, -0.2) is 14.4 Å². The van der Waals surface area contributed by atoms with Crippen LogP contribution in [0.4, 0.5) is 10.3 Å². The van der Waals surface area contributed by atoms with E-state index in [0.29, 0.717) is 30.5 Å².